The predicted molar refractivity (Wildman–Crippen MR) is 112 cm³/mol. The van der Waals surface area contributed by atoms with E-state index in [1.165, 1.54) is 22.0 Å². The molecule has 1 heterocycles. The van der Waals surface area contributed by atoms with E-state index in [1.807, 2.05) is 19.1 Å². The zero-order valence-corrected chi connectivity index (χ0v) is 17.9. The van der Waals surface area contributed by atoms with Gasteiger partial charge in [0.25, 0.3) is 5.91 Å². The number of carbonyl (C=O) groups excluding carboxylic acids is 1. The molecule has 0 unspecified atom stereocenters. The highest BCUT2D eigenvalue weighted by molar-refractivity contribution is 7.89. The number of hydrogen-bond acceptors (Lipinski definition) is 4. The van der Waals surface area contributed by atoms with Crippen molar-refractivity contribution in [3.05, 3.63) is 65.2 Å². The lowest BCUT2D eigenvalue weighted by Gasteiger charge is -2.26. The van der Waals surface area contributed by atoms with Crippen LogP contribution in [-0.2, 0) is 14.8 Å². The van der Waals surface area contributed by atoms with Crippen LogP contribution in [0.3, 0.4) is 0 Å². The van der Waals surface area contributed by atoms with Gasteiger partial charge in [-0.1, -0.05) is 44.2 Å². The van der Waals surface area contributed by atoms with Crippen LogP contribution in [0.4, 0.5) is 0 Å². The van der Waals surface area contributed by atoms with Crippen LogP contribution in [0.25, 0.3) is 0 Å². The van der Waals surface area contributed by atoms with Crippen molar-refractivity contribution in [3.63, 3.8) is 0 Å². The number of amides is 1. The molecule has 6 nitrogen and oxygen atoms in total. The Balaban J connectivity index is 1.73. The summed E-state index contributed by atoms with van der Waals surface area (Å²) >= 11 is 0. The average molecular weight is 417 g/mol. The Morgan fingerprint density at radius 2 is 1.62 bits per heavy atom. The van der Waals surface area contributed by atoms with Crippen LogP contribution in [0.5, 0.6) is 0 Å². The Morgan fingerprint density at radius 1 is 1.00 bits per heavy atom. The van der Waals surface area contributed by atoms with Crippen LogP contribution in [0.15, 0.2) is 53.4 Å². The summed E-state index contributed by atoms with van der Waals surface area (Å²) in [4.78, 5) is 12.8. The van der Waals surface area contributed by atoms with Crippen LogP contribution in [-0.4, -0.2) is 44.9 Å². The van der Waals surface area contributed by atoms with E-state index in [1.54, 1.807) is 12.1 Å². The third-order valence-corrected chi connectivity index (χ3v) is 7.05. The second-order valence-corrected chi connectivity index (χ2v) is 9.50. The van der Waals surface area contributed by atoms with E-state index in [0.717, 1.165) is 5.56 Å². The summed E-state index contributed by atoms with van der Waals surface area (Å²) in [6.45, 7) is 7.59. The number of morpholine rings is 1. The van der Waals surface area contributed by atoms with Crippen molar-refractivity contribution in [1.82, 2.24) is 9.62 Å². The molecule has 29 heavy (non-hydrogen) atoms. The molecule has 0 saturated carbocycles. The third kappa shape index (κ3) is 5.04. The van der Waals surface area contributed by atoms with Crippen LogP contribution < -0.4 is 5.32 Å². The standard InChI is InChI=1S/C22H28N2O4S/c1-16(2)18-7-9-19(10-8-18)17(3)23-22(25)20-5-4-6-21(15-20)29(26,27)24-11-13-28-14-12-24/h4-10,15-17H,11-14H2,1-3H3,(H,23,25)/t17-/m0/s1. The normalized spacial score (nSPS) is 16.6. The van der Waals surface area contributed by atoms with Crippen molar-refractivity contribution >= 4 is 15.9 Å². The topological polar surface area (TPSA) is 75.7 Å². The third-order valence-electron chi connectivity index (χ3n) is 5.15. The number of benzene rings is 2. The van der Waals surface area contributed by atoms with Crippen molar-refractivity contribution in [2.75, 3.05) is 26.3 Å². The maximum absolute atomic E-state index is 12.8. The van der Waals surface area contributed by atoms with Crippen LogP contribution in [0, 0.1) is 0 Å². The van der Waals surface area contributed by atoms with Crippen molar-refractivity contribution in [3.8, 4) is 0 Å². The summed E-state index contributed by atoms with van der Waals surface area (Å²) < 4.78 is 32.3. The number of nitrogens with zero attached hydrogens (tertiary/aromatic N) is 1. The molecule has 0 radical (unpaired) electrons. The van der Waals surface area contributed by atoms with Crippen molar-refractivity contribution in [2.24, 2.45) is 0 Å². The SMILES string of the molecule is CC(C)c1ccc([C@H](C)NC(=O)c2cccc(S(=O)(=O)N3CCOCC3)c2)cc1. The summed E-state index contributed by atoms with van der Waals surface area (Å²) in [6, 6.07) is 14.2. The van der Waals surface area contributed by atoms with Crippen LogP contribution in [0.2, 0.25) is 0 Å². The van der Waals surface area contributed by atoms with Gasteiger partial charge in [-0.2, -0.15) is 4.31 Å². The van der Waals surface area contributed by atoms with Gasteiger partial charge in [0, 0.05) is 18.7 Å². The molecule has 0 bridgehead atoms. The summed E-state index contributed by atoms with van der Waals surface area (Å²) in [6.07, 6.45) is 0. The highest BCUT2D eigenvalue weighted by Crippen LogP contribution is 2.21. The Morgan fingerprint density at radius 3 is 2.24 bits per heavy atom. The van der Waals surface area contributed by atoms with Gasteiger partial charge in [0.1, 0.15) is 0 Å². The fourth-order valence-electron chi connectivity index (χ4n) is 3.27. The molecule has 1 aliphatic rings. The molecule has 0 aromatic heterocycles. The van der Waals surface area contributed by atoms with Gasteiger partial charge in [-0.3, -0.25) is 4.79 Å². The van der Waals surface area contributed by atoms with Crippen LogP contribution >= 0.6 is 0 Å². The molecule has 2 aromatic carbocycles. The van der Waals surface area contributed by atoms with Gasteiger partial charge in [-0.05, 0) is 42.2 Å². The van der Waals surface area contributed by atoms with E-state index in [9.17, 15) is 13.2 Å². The Kier molecular flexibility index (Phi) is 6.72. The number of carbonyl (C=O) groups is 1. The zero-order valence-electron chi connectivity index (χ0n) is 17.1. The summed E-state index contributed by atoms with van der Waals surface area (Å²) in [5.74, 6) is 0.148. The van der Waals surface area contributed by atoms with E-state index in [-0.39, 0.29) is 16.8 Å². The minimum absolute atomic E-state index is 0.126. The van der Waals surface area contributed by atoms with E-state index in [2.05, 4.69) is 31.3 Å². The molecule has 1 fully saturated rings. The number of sulfonamides is 1. The summed E-state index contributed by atoms with van der Waals surface area (Å²) in [7, 11) is -3.64. The van der Waals surface area contributed by atoms with E-state index < -0.39 is 10.0 Å². The first kappa shape index (κ1) is 21.5. The van der Waals surface area contributed by atoms with E-state index >= 15 is 0 Å². The lowest BCUT2D eigenvalue weighted by molar-refractivity contribution is 0.0730. The Bertz CT molecular complexity index is 949. The van der Waals surface area contributed by atoms with Gasteiger partial charge in [0.2, 0.25) is 10.0 Å². The molecule has 7 heteroatoms. The number of hydrogen-bond donors (Lipinski definition) is 1. The molecule has 156 valence electrons. The fourth-order valence-corrected chi connectivity index (χ4v) is 4.72. The van der Waals surface area contributed by atoms with Gasteiger partial charge in [-0.15, -0.1) is 0 Å². The second kappa shape index (κ2) is 9.07. The minimum Gasteiger partial charge on any atom is -0.379 e. The molecule has 1 saturated heterocycles. The van der Waals surface area contributed by atoms with Crippen LogP contribution in [0.1, 0.15) is 54.2 Å². The highest BCUT2D eigenvalue weighted by Gasteiger charge is 2.27. The van der Waals surface area contributed by atoms with E-state index in [4.69, 9.17) is 4.74 Å². The largest absolute Gasteiger partial charge is 0.379 e. The Labute approximate surface area is 172 Å². The highest BCUT2D eigenvalue weighted by atomic mass is 32.2. The first-order valence-electron chi connectivity index (χ1n) is 9.87. The smallest absolute Gasteiger partial charge is 0.251 e. The van der Waals surface area contributed by atoms with Gasteiger partial charge in [0.05, 0.1) is 24.2 Å². The minimum atomic E-state index is -3.64. The number of nitrogens with one attached hydrogen (secondary N) is 1. The van der Waals surface area contributed by atoms with Gasteiger partial charge < -0.3 is 10.1 Å². The molecule has 1 aliphatic heterocycles. The molecule has 1 N–H and O–H groups in total. The van der Waals surface area contributed by atoms with Gasteiger partial charge >= 0.3 is 0 Å². The lowest BCUT2D eigenvalue weighted by atomic mass is 9.99. The van der Waals surface area contributed by atoms with Crippen molar-refractivity contribution in [1.29, 1.82) is 0 Å². The van der Waals surface area contributed by atoms with Gasteiger partial charge in [0.15, 0.2) is 0 Å². The fraction of sp³-hybridized carbons (Fsp3) is 0.409. The molecular weight excluding hydrogens is 388 g/mol. The monoisotopic (exact) mass is 416 g/mol. The lowest BCUT2D eigenvalue weighted by Crippen LogP contribution is -2.40. The zero-order chi connectivity index (χ0) is 21.0. The molecule has 0 aliphatic carbocycles. The number of ether oxygens (including phenoxy) is 1. The average Bonchev–Trinajstić information content (AvgIpc) is 2.74. The molecule has 1 amide bonds. The molecule has 3 rings (SSSR count). The summed E-state index contributed by atoms with van der Waals surface area (Å²) in [5.41, 5.74) is 2.57. The Hall–Kier alpha value is -2.22. The number of rotatable bonds is 6. The first-order chi connectivity index (χ1) is 13.8. The molecule has 0 spiro atoms. The van der Waals surface area contributed by atoms with Gasteiger partial charge in [-0.25, -0.2) is 8.42 Å². The maximum Gasteiger partial charge on any atom is 0.251 e. The predicted octanol–water partition coefficient (Wildman–Crippen LogP) is 3.32. The summed E-state index contributed by atoms with van der Waals surface area (Å²) in [5, 5.41) is 2.95. The molecule has 1 atom stereocenters. The second-order valence-electron chi connectivity index (χ2n) is 7.56. The van der Waals surface area contributed by atoms with E-state index in [0.29, 0.717) is 37.8 Å². The molecule has 2 aromatic rings. The van der Waals surface area contributed by atoms with Crippen molar-refractivity contribution in [2.45, 2.75) is 37.6 Å². The van der Waals surface area contributed by atoms with Crippen molar-refractivity contribution < 1.29 is 17.9 Å². The molecular formula is C22H28N2O4S. The first-order valence-corrected chi connectivity index (χ1v) is 11.3. The maximum atomic E-state index is 12.8. The quantitative estimate of drug-likeness (QED) is 0.784.